The Hall–Kier alpha value is -4.13. The van der Waals surface area contributed by atoms with Crippen LogP contribution >= 0.6 is 0 Å². The van der Waals surface area contributed by atoms with Crippen molar-refractivity contribution >= 4 is 17.5 Å². The fourth-order valence-electron chi connectivity index (χ4n) is 4.56. The topological polar surface area (TPSA) is 83.0 Å². The number of nitrogens with one attached hydrogen (secondary N) is 2. The molecule has 4 aromatic rings. The quantitative estimate of drug-likeness (QED) is 0.387. The van der Waals surface area contributed by atoms with Gasteiger partial charge in [-0.2, -0.15) is 5.10 Å². The van der Waals surface area contributed by atoms with Gasteiger partial charge in [0.15, 0.2) is 5.69 Å². The van der Waals surface area contributed by atoms with Gasteiger partial charge in [-0.25, -0.2) is 0 Å². The number of rotatable bonds is 5. The average molecular weight is 484 g/mol. The zero-order chi connectivity index (χ0) is 25.7. The zero-order valence-corrected chi connectivity index (χ0v) is 21.3. The van der Waals surface area contributed by atoms with Gasteiger partial charge in [-0.3, -0.25) is 14.3 Å². The highest BCUT2D eigenvalue weighted by molar-refractivity contribution is 6.04. The second kappa shape index (κ2) is 11.1. The van der Waals surface area contributed by atoms with Crippen molar-refractivity contribution in [3.63, 3.8) is 0 Å². The van der Waals surface area contributed by atoms with Gasteiger partial charge in [-0.15, -0.1) is 0 Å². The first-order valence-electron chi connectivity index (χ1n) is 12.4. The third-order valence-corrected chi connectivity index (χ3v) is 6.22. The predicted octanol–water partition coefficient (Wildman–Crippen LogP) is 5.61. The number of carbonyl (C=O) groups is 2. The number of benzene rings is 2. The van der Waals surface area contributed by atoms with Crippen LogP contribution in [0.3, 0.4) is 0 Å². The van der Waals surface area contributed by atoms with Crippen molar-refractivity contribution in [3.05, 3.63) is 107 Å². The maximum atomic E-state index is 13.3. The maximum absolute atomic E-state index is 13.3. The van der Waals surface area contributed by atoms with Gasteiger partial charge in [-0.05, 0) is 36.8 Å². The molecule has 1 aliphatic heterocycles. The molecule has 2 aromatic heterocycles. The number of fused-ring (bicyclic) bond motifs is 1. The SMILES string of the molecule is CC.Cc1ccc(Cn2nc(C(=O)Nc3ccccc3)c3c2C(C)CN(C(=O)c2ccc[nH]2)C3)cc1. The molecule has 1 aliphatic rings. The molecule has 7 nitrogen and oxygen atoms in total. The van der Waals surface area contributed by atoms with Gasteiger partial charge in [0, 0.05) is 35.6 Å². The molecule has 1 unspecified atom stereocenters. The number of nitrogens with zero attached hydrogens (tertiary/aromatic N) is 3. The van der Waals surface area contributed by atoms with Gasteiger partial charge >= 0.3 is 0 Å². The molecule has 5 rings (SSSR count). The molecule has 0 bridgehead atoms. The number of anilines is 1. The summed E-state index contributed by atoms with van der Waals surface area (Å²) >= 11 is 0. The fraction of sp³-hybridized carbons (Fsp3) is 0.276. The van der Waals surface area contributed by atoms with Crippen molar-refractivity contribution in [2.45, 2.75) is 46.7 Å². The minimum Gasteiger partial charge on any atom is -0.357 e. The standard InChI is InChI=1S/C27H27N5O2.C2H6/c1-18-10-12-20(13-11-18)16-32-25-19(2)15-31(27(34)23-9-6-14-28-23)17-22(25)24(30-32)26(33)29-21-7-4-3-5-8-21;1-2/h3-14,19,28H,15-17H2,1-2H3,(H,29,33);1-2H3. The molecule has 2 amide bonds. The highest BCUT2D eigenvalue weighted by Gasteiger charge is 2.34. The summed E-state index contributed by atoms with van der Waals surface area (Å²) in [5.74, 6) is -0.325. The molecule has 36 heavy (non-hydrogen) atoms. The lowest BCUT2D eigenvalue weighted by molar-refractivity contribution is 0.0711. The molecule has 0 spiro atoms. The van der Waals surface area contributed by atoms with Crippen LogP contribution in [-0.4, -0.2) is 38.0 Å². The van der Waals surface area contributed by atoms with Crippen molar-refractivity contribution in [2.24, 2.45) is 0 Å². The lowest BCUT2D eigenvalue weighted by Crippen LogP contribution is -2.38. The van der Waals surface area contributed by atoms with Crippen LogP contribution in [0, 0.1) is 6.92 Å². The summed E-state index contributed by atoms with van der Waals surface area (Å²) in [5, 5.41) is 7.73. The van der Waals surface area contributed by atoms with Gasteiger partial charge in [0.1, 0.15) is 5.69 Å². The molecule has 7 heteroatoms. The number of carbonyl (C=O) groups excluding carboxylic acids is 2. The molecule has 186 valence electrons. The summed E-state index contributed by atoms with van der Waals surface area (Å²) in [4.78, 5) is 31.2. The summed E-state index contributed by atoms with van der Waals surface area (Å²) in [6, 6.07) is 21.2. The van der Waals surface area contributed by atoms with Crippen LogP contribution in [0.5, 0.6) is 0 Å². The van der Waals surface area contributed by atoms with Crippen LogP contribution in [0.1, 0.15) is 70.1 Å². The number of aromatic nitrogens is 3. The Morgan fingerprint density at radius 3 is 2.42 bits per heavy atom. The van der Waals surface area contributed by atoms with Crippen molar-refractivity contribution in [1.29, 1.82) is 0 Å². The summed E-state index contributed by atoms with van der Waals surface area (Å²) in [7, 11) is 0. The van der Waals surface area contributed by atoms with Crippen molar-refractivity contribution in [3.8, 4) is 0 Å². The predicted molar refractivity (Wildman–Crippen MR) is 142 cm³/mol. The monoisotopic (exact) mass is 483 g/mol. The largest absolute Gasteiger partial charge is 0.357 e. The Bertz CT molecular complexity index is 1310. The Labute approximate surface area is 212 Å². The molecule has 0 saturated heterocycles. The highest BCUT2D eigenvalue weighted by Crippen LogP contribution is 2.32. The Balaban J connectivity index is 0.00000148. The lowest BCUT2D eigenvalue weighted by atomic mass is 9.95. The maximum Gasteiger partial charge on any atom is 0.276 e. The molecule has 0 radical (unpaired) electrons. The van der Waals surface area contributed by atoms with Crippen molar-refractivity contribution in [2.75, 3.05) is 11.9 Å². The Morgan fingerprint density at radius 2 is 1.75 bits per heavy atom. The number of aromatic amines is 1. The number of H-pyrrole nitrogens is 1. The zero-order valence-electron chi connectivity index (χ0n) is 21.3. The molecule has 0 fully saturated rings. The van der Waals surface area contributed by atoms with E-state index >= 15 is 0 Å². The van der Waals surface area contributed by atoms with E-state index in [0.717, 1.165) is 16.8 Å². The average Bonchev–Trinajstić information content (AvgIpc) is 3.56. The molecule has 3 heterocycles. The molecular weight excluding hydrogens is 450 g/mol. The lowest BCUT2D eigenvalue weighted by Gasteiger charge is -2.32. The third kappa shape index (κ3) is 5.25. The van der Waals surface area contributed by atoms with E-state index in [4.69, 9.17) is 5.10 Å². The minimum absolute atomic E-state index is 0.0267. The van der Waals surface area contributed by atoms with Crippen LogP contribution < -0.4 is 5.32 Å². The van der Waals surface area contributed by atoms with Crippen LogP contribution in [0.25, 0.3) is 0 Å². The van der Waals surface area contributed by atoms with Gasteiger partial charge in [-0.1, -0.05) is 68.8 Å². The molecule has 2 aromatic carbocycles. The van der Waals surface area contributed by atoms with Gasteiger partial charge in [0.25, 0.3) is 11.8 Å². The third-order valence-electron chi connectivity index (χ3n) is 6.22. The number of para-hydroxylation sites is 1. The molecular formula is C29H33N5O2. The number of aryl methyl sites for hydroxylation is 1. The first-order valence-corrected chi connectivity index (χ1v) is 12.4. The summed E-state index contributed by atoms with van der Waals surface area (Å²) in [6.07, 6.45) is 1.74. The van der Waals surface area contributed by atoms with E-state index in [9.17, 15) is 9.59 Å². The summed E-state index contributed by atoms with van der Waals surface area (Å²) < 4.78 is 1.93. The highest BCUT2D eigenvalue weighted by atomic mass is 16.2. The Kier molecular flexibility index (Phi) is 7.68. The van der Waals surface area contributed by atoms with Gasteiger partial charge in [0.2, 0.25) is 0 Å². The normalized spacial score (nSPS) is 14.4. The summed E-state index contributed by atoms with van der Waals surface area (Å²) in [6.45, 7) is 9.60. The van der Waals surface area contributed by atoms with Crippen LogP contribution in [-0.2, 0) is 13.1 Å². The number of amides is 2. The van der Waals surface area contributed by atoms with Crippen molar-refractivity contribution < 1.29 is 9.59 Å². The number of hydrogen-bond acceptors (Lipinski definition) is 3. The van der Waals surface area contributed by atoms with Crippen LogP contribution in [0.15, 0.2) is 72.9 Å². The smallest absolute Gasteiger partial charge is 0.276 e. The van der Waals surface area contributed by atoms with Crippen LogP contribution in [0.4, 0.5) is 5.69 Å². The Morgan fingerprint density at radius 1 is 1.03 bits per heavy atom. The molecule has 1 atom stereocenters. The van der Waals surface area contributed by atoms with E-state index in [1.54, 1.807) is 17.2 Å². The van der Waals surface area contributed by atoms with Gasteiger partial charge in [0.05, 0.1) is 13.1 Å². The molecule has 2 N–H and O–H groups in total. The van der Waals surface area contributed by atoms with E-state index in [2.05, 4.69) is 48.4 Å². The second-order valence-corrected chi connectivity index (χ2v) is 8.85. The first kappa shape index (κ1) is 25.0. The molecule has 0 saturated carbocycles. The first-order chi connectivity index (χ1) is 17.5. The van der Waals surface area contributed by atoms with E-state index in [1.807, 2.05) is 54.9 Å². The van der Waals surface area contributed by atoms with E-state index in [1.165, 1.54) is 5.56 Å². The molecule has 0 aliphatic carbocycles. The van der Waals surface area contributed by atoms with E-state index in [-0.39, 0.29) is 17.7 Å². The van der Waals surface area contributed by atoms with E-state index < -0.39 is 0 Å². The van der Waals surface area contributed by atoms with Gasteiger partial charge < -0.3 is 15.2 Å². The van der Waals surface area contributed by atoms with E-state index in [0.29, 0.717) is 36.7 Å². The fourth-order valence-corrected chi connectivity index (χ4v) is 4.56. The minimum atomic E-state index is -0.272. The summed E-state index contributed by atoms with van der Waals surface area (Å²) in [5.41, 5.74) is 5.73. The second-order valence-electron chi connectivity index (χ2n) is 8.85. The van der Waals surface area contributed by atoms with Crippen molar-refractivity contribution in [1.82, 2.24) is 19.7 Å². The van der Waals surface area contributed by atoms with Crippen LogP contribution in [0.2, 0.25) is 0 Å². The number of hydrogen-bond donors (Lipinski definition) is 2.